The van der Waals surface area contributed by atoms with E-state index in [1.165, 1.54) is 0 Å². The molecule has 0 aromatic carbocycles. The zero-order valence-electron chi connectivity index (χ0n) is 4.27. The molecular weight excluding hydrogens is 263 g/mol. The molecule has 10 heavy (non-hydrogen) atoms. The maximum atomic E-state index is 8.52. The Morgan fingerprint density at radius 1 is 1.10 bits per heavy atom. The molecule has 10 heteroatoms. The van der Waals surface area contributed by atoms with Crippen molar-refractivity contribution in [3.05, 3.63) is 0 Å². The number of rotatable bonds is 0. The van der Waals surface area contributed by atoms with Gasteiger partial charge in [0, 0.05) is 19.6 Å². The summed E-state index contributed by atoms with van der Waals surface area (Å²) in [5, 5.41) is 0. The Bertz CT molecular complexity index is 156. The fourth-order valence-electron chi connectivity index (χ4n) is 0. The van der Waals surface area contributed by atoms with Gasteiger partial charge in [0.05, 0.1) is 0 Å². The maximum absolute atomic E-state index is 8.52. The first kappa shape index (κ1) is 16.8. The van der Waals surface area contributed by atoms with Crippen molar-refractivity contribution in [1.29, 1.82) is 0 Å². The van der Waals surface area contributed by atoms with Crippen LogP contribution >= 0.6 is 0 Å². The molecule has 0 atom stereocenters. The van der Waals surface area contributed by atoms with E-state index in [4.69, 9.17) is 31.6 Å². The van der Waals surface area contributed by atoms with Crippen molar-refractivity contribution < 1.29 is 57.8 Å². The summed E-state index contributed by atoms with van der Waals surface area (Å²) in [5.41, 5.74) is 0. The molecule has 0 rings (SSSR count). The van der Waals surface area contributed by atoms with Crippen LogP contribution in [0.3, 0.4) is 0 Å². The van der Waals surface area contributed by atoms with Crippen LogP contribution in [0.25, 0.3) is 0 Å². The van der Waals surface area contributed by atoms with Gasteiger partial charge in [-0.15, -0.1) is 0 Å². The van der Waals surface area contributed by atoms with Crippen LogP contribution in [0.5, 0.6) is 0 Å². The largest absolute Gasteiger partial charge is 4.00 e. The van der Waals surface area contributed by atoms with Gasteiger partial charge in [-0.05, 0) is 0 Å². The summed E-state index contributed by atoms with van der Waals surface area (Å²) in [5.74, 6) is 0. The molecule has 0 fully saturated rings. The Hall–Kier alpha value is 0.370. The minimum absolute atomic E-state index is 0. The van der Waals surface area contributed by atoms with E-state index in [0.717, 1.165) is 0 Å². The summed E-state index contributed by atoms with van der Waals surface area (Å²) < 4.78 is 42.6. The molecule has 0 aromatic rings. The second-order valence-electron chi connectivity index (χ2n) is 0.658. The van der Waals surface area contributed by atoms with Crippen LogP contribution in [0.15, 0.2) is 0 Å². The molecule has 0 radical (unpaired) electrons. The molecule has 0 aromatic heterocycles. The van der Waals surface area contributed by atoms with Crippen LogP contribution < -0.4 is 9.59 Å². The van der Waals surface area contributed by atoms with Gasteiger partial charge in [0.1, 0.15) is 0 Å². The molecule has 0 aliphatic heterocycles. The summed E-state index contributed by atoms with van der Waals surface area (Å²) in [6, 6.07) is 0. The van der Waals surface area contributed by atoms with Gasteiger partial charge in [-0.25, -0.2) is 0 Å². The normalized spacial score (nSPS) is 8.20. The van der Waals surface area contributed by atoms with Crippen LogP contribution in [0.4, 0.5) is 0 Å². The maximum Gasteiger partial charge on any atom is 4.00 e. The third kappa shape index (κ3) is 3320. The van der Waals surface area contributed by atoms with Crippen molar-refractivity contribution in [2.75, 3.05) is 0 Å². The van der Waals surface area contributed by atoms with Gasteiger partial charge in [0.15, 0.2) is 0 Å². The van der Waals surface area contributed by atoms with E-state index in [0.29, 0.717) is 0 Å². The van der Waals surface area contributed by atoms with Crippen molar-refractivity contribution in [1.82, 2.24) is 0 Å². The van der Waals surface area contributed by atoms with Crippen molar-refractivity contribution in [3.8, 4) is 0 Å². The average molecular weight is 263 g/mol. The van der Waals surface area contributed by atoms with Crippen LogP contribution in [0, 0.1) is 0 Å². The van der Waals surface area contributed by atoms with Crippen molar-refractivity contribution in [3.63, 3.8) is 0 Å². The van der Waals surface area contributed by atoms with Gasteiger partial charge in [-0.1, -0.05) is 0 Å². The summed E-state index contributed by atoms with van der Waals surface area (Å²) >= 11 is 0. The van der Waals surface area contributed by atoms with E-state index >= 15 is 0 Å². The molecule has 56 valence electrons. The third-order valence-electron chi connectivity index (χ3n) is 0. The first-order valence-corrected chi connectivity index (χ1v) is 3.84. The van der Waals surface area contributed by atoms with Gasteiger partial charge in [-0.2, -0.15) is 0 Å². The molecule has 0 aliphatic rings. The predicted octanol–water partition coefficient (Wildman–Crippen LogP) is -4.22. The molecule has 0 aliphatic carbocycles. The predicted molar refractivity (Wildman–Crippen MR) is 16.9 cm³/mol. The van der Waals surface area contributed by atoms with Crippen molar-refractivity contribution >= 4 is 19.6 Å². The molecular formula is O7SSiZr. The summed E-state index contributed by atoms with van der Waals surface area (Å²) in [4.78, 5) is 17.0. The standard InChI is InChI=1S/H2O4S.O3Si.Zr/c1-5(2,3)4;1-4(2)3;/h(H2,1,2,3,4);;/q;-2;+4/p-2. The third-order valence-corrected chi connectivity index (χ3v) is 0. The topological polar surface area (TPSA) is 143 Å². The molecule has 0 amide bonds. The van der Waals surface area contributed by atoms with Crippen LogP contribution in [0.1, 0.15) is 0 Å². The smallest absolute Gasteiger partial charge is 0.759 e. The fourth-order valence-corrected chi connectivity index (χ4v) is 0. The van der Waals surface area contributed by atoms with Gasteiger partial charge in [0.25, 0.3) is 0 Å². The quantitative estimate of drug-likeness (QED) is 0.245. The van der Waals surface area contributed by atoms with E-state index in [-0.39, 0.29) is 26.2 Å². The second-order valence-corrected chi connectivity index (χ2v) is 1.97. The Morgan fingerprint density at radius 2 is 1.10 bits per heavy atom. The van der Waals surface area contributed by atoms with Gasteiger partial charge in [-0.3, -0.25) is 8.42 Å². The summed E-state index contributed by atoms with van der Waals surface area (Å²) in [6.45, 7) is 0. The van der Waals surface area contributed by atoms with E-state index in [2.05, 4.69) is 0 Å². The van der Waals surface area contributed by atoms with Crippen molar-refractivity contribution in [2.45, 2.75) is 0 Å². The first-order chi connectivity index (χ1) is 3.73. The minimum Gasteiger partial charge on any atom is -0.759 e. The van der Waals surface area contributed by atoms with E-state index < -0.39 is 19.6 Å². The second kappa shape index (κ2) is 7.48. The monoisotopic (exact) mass is 262 g/mol. The van der Waals surface area contributed by atoms with Gasteiger partial charge < -0.3 is 23.2 Å². The molecule has 0 unspecified atom stereocenters. The molecule has 0 bridgehead atoms. The minimum atomic E-state index is -5.17. The van der Waals surface area contributed by atoms with E-state index in [1.54, 1.807) is 0 Å². The molecule has 0 N–H and O–H groups in total. The average Bonchev–Trinajstić information content (AvgIpc) is 1.19. The number of hydrogen-bond donors (Lipinski definition) is 0. The molecule has 0 heterocycles. The Morgan fingerprint density at radius 3 is 1.10 bits per heavy atom. The fraction of sp³-hybridized carbons (Fsp3) is 0. The Kier molecular flexibility index (Phi) is 12.5. The first-order valence-electron chi connectivity index (χ1n) is 1.28. The molecule has 7 nitrogen and oxygen atoms in total. The van der Waals surface area contributed by atoms with Crippen LogP contribution in [-0.2, 0) is 41.1 Å². The summed E-state index contributed by atoms with van der Waals surface area (Å²) in [7, 11) is -8.80. The van der Waals surface area contributed by atoms with Crippen LogP contribution in [-0.4, -0.2) is 26.7 Å². The summed E-state index contributed by atoms with van der Waals surface area (Å²) in [6.07, 6.45) is 0. The zero-order chi connectivity index (χ0) is 8.08. The van der Waals surface area contributed by atoms with E-state index in [9.17, 15) is 0 Å². The van der Waals surface area contributed by atoms with E-state index in [1.807, 2.05) is 0 Å². The van der Waals surface area contributed by atoms with Crippen LogP contribution in [0.2, 0.25) is 0 Å². The van der Waals surface area contributed by atoms with Crippen molar-refractivity contribution in [2.24, 2.45) is 0 Å². The molecule has 0 saturated carbocycles. The van der Waals surface area contributed by atoms with Gasteiger partial charge in [0.2, 0.25) is 0 Å². The number of hydrogen-bond acceptors (Lipinski definition) is 7. The molecule has 0 saturated heterocycles. The van der Waals surface area contributed by atoms with Gasteiger partial charge >= 0.3 is 26.2 Å². The Labute approximate surface area is 77.3 Å². The Balaban J connectivity index is -0.0000000910. The SMILES string of the molecule is O=S(=O)([O-])[O-].O=[Si]([O-])[O-].[Zr+4]. The zero-order valence-corrected chi connectivity index (χ0v) is 8.54. The molecule has 0 spiro atoms.